The van der Waals surface area contributed by atoms with Crippen LogP contribution in [0.2, 0.25) is 0 Å². The fourth-order valence-electron chi connectivity index (χ4n) is 1.84. The van der Waals surface area contributed by atoms with E-state index in [0.29, 0.717) is 5.69 Å². The highest BCUT2D eigenvalue weighted by atomic mass is 32.1. The molecule has 0 saturated carbocycles. The largest absolute Gasteiger partial charge is 0.504 e. The number of ether oxygens (including phenoxy) is 1. The van der Waals surface area contributed by atoms with Crippen molar-refractivity contribution in [2.45, 2.75) is 6.92 Å². The summed E-state index contributed by atoms with van der Waals surface area (Å²) in [6.45, 7) is 1.62. The summed E-state index contributed by atoms with van der Waals surface area (Å²) in [6.07, 6.45) is 1.05. The molecule has 1 heterocycles. The maximum atomic E-state index is 11.9. The third-order valence-corrected chi connectivity index (χ3v) is 3.90. The van der Waals surface area contributed by atoms with Gasteiger partial charge in [-0.05, 0) is 13.0 Å². The van der Waals surface area contributed by atoms with Crippen molar-refractivity contribution in [2.24, 2.45) is 5.10 Å². The number of rotatable bonds is 5. The average molecular weight is 351 g/mol. The van der Waals surface area contributed by atoms with Gasteiger partial charge in [0, 0.05) is 0 Å². The van der Waals surface area contributed by atoms with Crippen molar-refractivity contribution in [3.8, 4) is 11.5 Å². The van der Waals surface area contributed by atoms with E-state index < -0.39 is 10.8 Å². The second-order valence-electron chi connectivity index (χ2n) is 4.51. The van der Waals surface area contributed by atoms with Gasteiger partial charge in [0.2, 0.25) is 0 Å². The molecule has 0 unspecified atom stereocenters. The Labute approximate surface area is 139 Å². The van der Waals surface area contributed by atoms with Gasteiger partial charge in [-0.1, -0.05) is 11.3 Å². The number of hydrazone groups is 1. The Hall–Kier alpha value is -3.21. The zero-order valence-electron chi connectivity index (χ0n) is 12.6. The molecule has 0 aliphatic heterocycles. The molecule has 2 rings (SSSR count). The number of hydrogen-bond donors (Lipinski definition) is 3. The lowest BCUT2D eigenvalue weighted by atomic mass is 10.1. The number of nitrogens with zero attached hydrogens (tertiary/aromatic N) is 3. The number of carbonyl (C=O) groups excluding carboxylic acids is 1. The maximum absolute atomic E-state index is 11.9. The molecule has 0 atom stereocenters. The van der Waals surface area contributed by atoms with E-state index in [0.717, 1.165) is 29.7 Å². The van der Waals surface area contributed by atoms with Crippen LogP contribution in [0.25, 0.3) is 0 Å². The number of benzene rings is 1. The molecule has 11 heteroatoms. The number of carbonyl (C=O) groups is 1. The van der Waals surface area contributed by atoms with Crippen molar-refractivity contribution in [3.05, 3.63) is 38.4 Å². The molecular weight excluding hydrogens is 338 g/mol. The average Bonchev–Trinajstić information content (AvgIpc) is 2.85. The third-order valence-electron chi connectivity index (χ3n) is 2.91. The van der Waals surface area contributed by atoms with Gasteiger partial charge < -0.3 is 15.6 Å². The predicted octanol–water partition coefficient (Wildman–Crippen LogP) is 1.42. The van der Waals surface area contributed by atoms with Crippen molar-refractivity contribution >= 4 is 34.3 Å². The van der Waals surface area contributed by atoms with Gasteiger partial charge >= 0.3 is 0 Å². The van der Waals surface area contributed by atoms with E-state index in [1.807, 2.05) is 0 Å². The molecule has 1 amide bonds. The van der Waals surface area contributed by atoms with E-state index in [1.54, 1.807) is 6.92 Å². The molecule has 10 nitrogen and oxygen atoms in total. The number of hydrogen-bond acceptors (Lipinski definition) is 9. The van der Waals surface area contributed by atoms with Crippen LogP contribution in [0.1, 0.15) is 20.9 Å². The number of aromatic nitrogens is 1. The number of nitrogens with one attached hydrogen (secondary N) is 1. The number of nitrogens with two attached hydrogens (primary N) is 1. The number of aromatic hydroxyl groups is 1. The van der Waals surface area contributed by atoms with Gasteiger partial charge in [0.05, 0.1) is 35.6 Å². The number of phenols is 1. The van der Waals surface area contributed by atoms with Crippen LogP contribution in [0.4, 0.5) is 10.8 Å². The van der Waals surface area contributed by atoms with Gasteiger partial charge in [-0.2, -0.15) is 5.10 Å². The molecule has 126 valence electrons. The van der Waals surface area contributed by atoms with Crippen molar-refractivity contribution in [2.75, 3.05) is 12.8 Å². The summed E-state index contributed by atoms with van der Waals surface area (Å²) in [5.41, 5.74) is 7.86. The van der Waals surface area contributed by atoms with Crippen LogP contribution < -0.4 is 15.9 Å². The summed E-state index contributed by atoms with van der Waals surface area (Å²) in [4.78, 5) is 26.6. The molecule has 0 radical (unpaired) electrons. The summed E-state index contributed by atoms with van der Waals surface area (Å²) in [5, 5.41) is 24.7. The second-order valence-corrected chi connectivity index (χ2v) is 5.54. The lowest BCUT2D eigenvalue weighted by Crippen LogP contribution is -2.17. The van der Waals surface area contributed by atoms with E-state index in [2.05, 4.69) is 15.5 Å². The van der Waals surface area contributed by atoms with Gasteiger partial charge in [-0.15, -0.1) is 0 Å². The summed E-state index contributed by atoms with van der Waals surface area (Å²) >= 11 is 1.00. The smallest absolute Gasteiger partial charge is 0.283 e. The summed E-state index contributed by atoms with van der Waals surface area (Å²) in [7, 11) is 1.27. The van der Waals surface area contributed by atoms with E-state index in [4.69, 9.17) is 10.5 Å². The first kappa shape index (κ1) is 17.1. The molecule has 1 aromatic carbocycles. The summed E-state index contributed by atoms with van der Waals surface area (Å²) in [5.74, 6) is -0.876. The quantitative estimate of drug-likeness (QED) is 0.418. The first-order chi connectivity index (χ1) is 11.3. The summed E-state index contributed by atoms with van der Waals surface area (Å²) in [6, 6.07) is 2.18. The number of nitro benzene ring substituents is 1. The zero-order valence-corrected chi connectivity index (χ0v) is 13.5. The molecule has 24 heavy (non-hydrogen) atoms. The van der Waals surface area contributed by atoms with Gasteiger partial charge in [-0.25, -0.2) is 10.4 Å². The summed E-state index contributed by atoms with van der Waals surface area (Å²) < 4.78 is 4.82. The van der Waals surface area contributed by atoms with Crippen LogP contribution in [-0.4, -0.2) is 34.2 Å². The Morgan fingerprint density at radius 3 is 2.83 bits per heavy atom. The lowest BCUT2D eigenvalue weighted by molar-refractivity contribution is -0.385. The molecule has 4 N–H and O–H groups in total. The number of nitrogen functional groups attached to an aromatic ring is 1. The van der Waals surface area contributed by atoms with Gasteiger partial charge in [-0.3, -0.25) is 14.9 Å². The van der Waals surface area contributed by atoms with Crippen molar-refractivity contribution in [1.82, 2.24) is 10.4 Å². The number of phenolic OH excluding ortho intramolecular Hbond substituents is 1. The number of methoxy groups -OCH3 is 1. The highest BCUT2D eigenvalue weighted by molar-refractivity contribution is 7.17. The molecule has 2 aromatic rings. The van der Waals surface area contributed by atoms with Crippen LogP contribution >= 0.6 is 11.3 Å². The lowest BCUT2D eigenvalue weighted by Gasteiger charge is -2.05. The van der Waals surface area contributed by atoms with Crippen molar-refractivity contribution in [3.63, 3.8) is 0 Å². The number of aryl methyl sites for hydroxylation is 1. The van der Waals surface area contributed by atoms with E-state index >= 15 is 0 Å². The van der Waals surface area contributed by atoms with Crippen LogP contribution in [-0.2, 0) is 0 Å². The van der Waals surface area contributed by atoms with E-state index in [-0.39, 0.29) is 32.8 Å². The molecule has 0 aliphatic carbocycles. The third kappa shape index (κ3) is 3.57. The SMILES string of the molecule is COc1cc([N+](=O)[O-])c(/C=N\NC(=O)c2sc(N)nc2C)cc1O. The molecule has 0 aliphatic rings. The molecule has 1 aromatic heterocycles. The number of anilines is 1. The normalized spacial score (nSPS) is 10.8. The Kier molecular flexibility index (Phi) is 4.94. The second kappa shape index (κ2) is 6.91. The monoisotopic (exact) mass is 351 g/mol. The molecule has 0 saturated heterocycles. The minimum atomic E-state index is -0.654. The van der Waals surface area contributed by atoms with Crippen LogP contribution in [0.5, 0.6) is 11.5 Å². The first-order valence-electron chi connectivity index (χ1n) is 6.45. The molecule has 0 bridgehead atoms. The Morgan fingerprint density at radius 1 is 1.58 bits per heavy atom. The van der Waals surface area contributed by atoms with Crippen LogP contribution in [0.15, 0.2) is 17.2 Å². The Bertz CT molecular complexity index is 832. The number of amides is 1. The minimum absolute atomic E-state index is 0.000796. The maximum Gasteiger partial charge on any atom is 0.283 e. The van der Waals surface area contributed by atoms with Gasteiger partial charge in [0.1, 0.15) is 4.88 Å². The number of nitro groups is 1. The highest BCUT2D eigenvalue weighted by Crippen LogP contribution is 2.32. The van der Waals surface area contributed by atoms with Crippen LogP contribution in [0, 0.1) is 17.0 Å². The van der Waals surface area contributed by atoms with Gasteiger partial charge in [0.25, 0.3) is 11.6 Å². The Balaban J connectivity index is 2.22. The van der Waals surface area contributed by atoms with E-state index in [1.165, 1.54) is 7.11 Å². The highest BCUT2D eigenvalue weighted by Gasteiger charge is 2.18. The minimum Gasteiger partial charge on any atom is -0.504 e. The fourth-order valence-corrected chi connectivity index (χ4v) is 2.56. The number of thiazole rings is 1. The Morgan fingerprint density at radius 2 is 2.29 bits per heavy atom. The fraction of sp³-hybridized carbons (Fsp3) is 0.154. The van der Waals surface area contributed by atoms with Crippen molar-refractivity contribution in [1.29, 1.82) is 0 Å². The predicted molar refractivity (Wildman–Crippen MR) is 87.6 cm³/mol. The standard InChI is InChI=1S/C13H13N5O5S/c1-6-11(24-13(14)16-6)12(20)17-15-5-7-3-9(19)10(23-2)4-8(7)18(21)22/h3-5,19H,1-2H3,(H2,14,16)(H,17,20)/b15-5-. The molecule has 0 spiro atoms. The van der Waals surface area contributed by atoms with Crippen molar-refractivity contribution < 1.29 is 19.6 Å². The van der Waals surface area contributed by atoms with Crippen LogP contribution in [0.3, 0.4) is 0 Å². The topological polar surface area (TPSA) is 153 Å². The van der Waals surface area contributed by atoms with Gasteiger partial charge in [0.15, 0.2) is 16.6 Å². The molecular formula is C13H13N5O5S. The first-order valence-corrected chi connectivity index (χ1v) is 7.26. The molecule has 0 fully saturated rings. The van der Waals surface area contributed by atoms with E-state index in [9.17, 15) is 20.0 Å². The zero-order chi connectivity index (χ0) is 17.9.